The molecule has 1 aromatic heterocycles. The third kappa shape index (κ3) is 3.43. The predicted octanol–water partition coefficient (Wildman–Crippen LogP) is 0.987. The summed E-state index contributed by atoms with van der Waals surface area (Å²) in [5, 5.41) is 8.65. The van der Waals surface area contributed by atoms with Crippen LogP contribution in [0.2, 0.25) is 0 Å². The normalized spacial score (nSPS) is 16.8. The van der Waals surface area contributed by atoms with Crippen molar-refractivity contribution in [3.05, 3.63) is 23.9 Å². The summed E-state index contributed by atoms with van der Waals surface area (Å²) in [5.41, 5.74) is 1.17. The molecule has 0 radical (unpaired) electrons. The second-order valence-corrected chi connectivity index (χ2v) is 4.67. The third-order valence-corrected chi connectivity index (χ3v) is 3.23. The molecule has 0 amide bonds. The zero-order valence-electron chi connectivity index (χ0n) is 10.7. The van der Waals surface area contributed by atoms with Gasteiger partial charge < -0.3 is 10.0 Å². The highest BCUT2D eigenvalue weighted by atomic mass is 16.4. The van der Waals surface area contributed by atoms with Gasteiger partial charge in [-0.15, -0.1) is 0 Å². The molecule has 5 heteroatoms. The highest BCUT2D eigenvalue weighted by Gasteiger charge is 2.18. The molecule has 0 unspecified atom stereocenters. The minimum atomic E-state index is -0.724. The van der Waals surface area contributed by atoms with E-state index in [0.717, 1.165) is 32.0 Å². The van der Waals surface area contributed by atoms with E-state index in [9.17, 15) is 4.79 Å². The Morgan fingerprint density at radius 1 is 1.33 bits per heavy atom. The SMILES string of the molecule is Cc1ccc(N2CCN(CCC(=O)O)CC2)nc1. The van der Waals surface area contributed by atoms with Crippen molar-refractivity contribution in [2.24, 2.45) is 0 Å². The van der Waals surface area contributed by atoms with Crippen LogP contribution in [-0.2, 0) is 4.79 Å². The van der Waals surface area contributed by atoms with Gasteiger partial charge in [0.1, 0.15) is 5.82 Å². The quantitative estimate of drug-likeness (QED) is 0.862. The van der Waals surface area contributed by atoms with Crippen molar-refractivity contribution in [3.8, 4) is 0 Å². The van der Waals surface area contributed by atoms with Gasteiger partial charge in [-0.1, -0.05) is 6.07 Å². The van der Waals surface area contributed by atoms with Crippen molar-refractivity contribution < 1.29 is 9.90 Å². The fourth-order valence-corrected chi connectivity index (χ4v) is 2.10. The monoisotopic (exact) mass is 249 g/mol. The summed E-state index contributed by atoms with van der Waals surface area (Å²) in [6.45, 7) is 6.31. The molecule has 0 aliphatic carbocycles. The standard InChI is InChI=1S/C13H19N3O2/c1-11-2-3-12(14-10-11)16-8-6-15(7-9-16)5-4-13(17)18/h2-3,10H,4-9H2,1H3,(H,17,18). The Morgan fingerprint density at radius 2 is 2.06 bits per heavy atom. The van der Waals surface area contributed by atoms with Gasteiger partial charge in [0.05, 0.1) is 6.42 Å². The molecule has 5 nitrogen and oxygen atoms in total. The Morgan fingerprint density at radius 3 is 2.61 bits per heavy atom. The molecule has 98 valence electrons. The van der Waals surface area contributed by atoms with E-state index in [0.29, 0.717) is 6.54 Å². The summed E-state index contributed by atoms with van der Waals surface area (Å²) in [6.07, 6.45) is 2.11. The molecule has 1 fully saturated rings. The summed E-state index contributed by atoms with van der Waals surface area (Å²) in [7, 11) is 0. The molecule has 18 heavy (non-hydrogen) atoms. The van der Waals surface area contributed by atoms with Crippen LogP contribution < -0.4 is 4.90 Å². The van der Waals surface area contributed by atoms with E-state index in [1.807, 2.05) is 19.2 Å². The van der Waals surface area contributed by atoms with Crippen LogP contribution in [0, 0.1) is 6.92 Å². The van der Waals surface area contributed by atoms with Crippen LogP contribution in [0.15, 0.2) is 18.3 Å². The van der Waals surface area contributed by atoms with E-state index in [1.165, 1.54) is 5.56 Å². The molecular weight excluding hydrogens is 230 g/mol. The Bertz CT molecular complexity index is 397. The first kappa shape index (κ1) is 12.8. The first-order valence-corrected chi connectivity index (χ1v) is 6.27. The predicted molar refractivity (Wildman–Crippen MR) is 69.9 cm³/mol. The van der Waals surface area contributed by atoms with Crippen molar-refractivity contribution in [1.29, 1.82) is 0 Å². The van der Waals surface area contributed by atoms with Crippen LogP contribution in [0.4, 0.5) is 5.82 Å². The third-order valence-electron chi connectivity index (χ3n) is 3.23. The Balaban J connectivity index is 1.83. The lowest BCUT2D eigenvalue weighted by Gasteiger charge is -2.35. The maximum atomic E-state index is 10.5. The van der Waals surface area contributed by atoms with E-state index in [4.69, 9.17) is 5.11 Å². The van der Waals surface area contributed by atoms with Crippen LogP contribution in [-0.4, -0.2) is 53.7 Å². The van der Waals surface area contributed by atoms with E-state index >= 15 is 0 Å². The topological polar surface area (TPSA) is 56.7 Å². The lowest BCUT2D eigenvalue weighted by molar-refractivity contribution is -0.137. The number of carbonyl (C=O) groups is 1. The number of piperazine rings is 1. The fourth-order valence-electron chi connectivity index (χ4n) is 2.10. The van der Waals surface area contributed by atoms with E-state index < -0.39 is 5.97 Å². The van der Waals surface area contributed by atoms with Gasteiger partial charge in [0.25, 0.3) is 0 Å². The lowest BCUT2D eigenvalue weighted by Crippen LogP contribution is -2.47. The maximum absolute atomic E-state index is 10.5. The van der Waals surface area contributed by atoms with Gasteiger partial charge in [-0.05, 0) is 18.6 Å². The molecule has 1 aromatic rings. The molecule has 0 saturated carbocycles. The Kier molecular flexibility index (Phi) is 4.15. The molecule has 2 rings (SSSR count). The van der Waals surface area contributed by atoms with Crippen molar-refractivity contribution in [1.82, 2.24) is 9.88 Å². The molecule has 0 bridgehead atoms. The fraction of sp³-hybridized carbons (Fsp3) is 0.538. The van der Waals surface area contributed by atoms with Crippen LogP contribution in [0.25, 0.3) is 0 Å². The van der Waals surface area contributed by atoms with Crippen molar-refractivity contribution in [3.63, 3.8) is 0 Å². The van der Waals surface area contributed by atoms with E-state index in [2.05, 4.69) is 20.9 Å². The highest BCUT2D eigenvalue weighted by molar-refractivity contribution is 5.66. The smallest absolute Gasteiger partial charge is 0.304 e. The number of nitrogens with zero attached hydrogens (tertiary/aromatic N) is 3. The molecule has 0 spiro atoms. The van der Waals surface area contributed by atoms with Crippen molar-refractivity contribution in [2.45, 2.75) is 13.3 Å². The van der Waals surface area contributed by atoms with Gasteiger partial charge in [-0.3, -0.25) is 9.69 Å². The van der Waals surface area contributed by atoms with E-state index in [1.54, 1.807) is 0 Å². The second-order valence-electron chi connectivity index (χ2n) is 4.67. The van der Waals surface area contributed by atoms with Gasteiger partial charge in [-0.2, -0.15) is 0 Å². The molecule has 1 aliphatic heterocycles. The summed E-state index contributed by atoms with van der Waals surface area (Å²) in [6, 6.07) is 4.11. The highest BCUT2D eigenvalue weighted by Crippen LogP contribution is 2.13. The summed E-state index contributed by atoms with van der Waals surface area (Å²) >= 11 is 0. The number of carboxylic acids is 1. The second kappa shape index (κ2) is 5.82. The zero-order valence-corrected chi connectivity index (χ0v) is 10.7. The molecule has 1 aliphatic rings. The Hall–Kier alpha value is -1.62. The van der Waals surface area contributed by atoms with Crippen molar-refractivity contribution >= 4 is 11.8 Å². The molecule has 1 N–H and O–H groups in total. The number of aromatic nitrogens is 1. The molecule has 2 heterocycles. The van der Waals surface area contributed by atoms with Gasteiger partial charge in [0, 0.05) is 38.9 Å². The largest absolute Gasteiger partial charge is 0.481 e. The molecular formula is C13H19N3O2. The maximum Gasteiger partial charge on any atom is 0.304 e. The molecule has 0 aromatic carbocycles. The number of rotatable bonds is 4. The number of carboxylic acid groups (broad SMARTS) is 1. The van der Waals surface area contributed by atoms with E-state index in [-0.39, 0.29) is 6.42 Å². The van der Waals surface area contributed by atoms with Gasteiger partial charge in [0.15, 0.2) is 0 Å². The molecule has 0 atom stereocenters. The number of anilines is 1. The van der Waals surface area contributed by atoms with Crippen LogP contribution in [0.3, 0.4) is 0 Å². The van der Waals surface area contributed by atoms with Crippen LogP contribution >= 0.6 is 0 Å². The number of hydrogen-bond donors (Lipinski definition) is 1. The zero-order chi connectivity index (χ0) is 13.0. The number of aryl methyl sites for hydroxylation is 1. The van der Waals surface area contributed by atoms with Gasteiger partial charge in [-0.25, -0.2) is 4.98 Å². The number of aliphatic carboxylic acids is 1. The average molecular weight is 249 g/mol. The number of hydrogen-bond acceptors (Lipinski definition) is 4. The average Bonchev–Trinajstić information content (AvgIpc) is 2.38. The summed E-state index contributed by atoms with van der Waals surface area (Å²) < 4.78 is 0. The summed E-state index contributed by atoms with van der Waals surface area (Å²) in [4.78, 5) is 19.4. The van der Waals surface area contributed by atoms with Crippen molar-refractivity contribution in [2.75, 3.05) is 37.6 Å². The Labute approximate surface area is 107 Å². The number of pyridine rings is 1. The minimum Gasteiger partial charge on any atom is -0.481 e. The lowest BCUT2D eigenvalue weighted by atomic mass is 10.2. The van der Waals surface area contributed by atoms with Gasteiger partial charge in [0.2, 0.25) is 0 Å². The van der Waals surface area contributed by atoms with Crippen LogP contribution in [0.5, 0.6) is 0 Å². The van der Waals surface area contributed by atoms with Crippen LogP contribution in [0.1, 0.15) is 12.0 Å². The van der Waals surface area contributed by atoms with Gasteiger partial charge >= 0.3 is 5.97 Å². The summed E-state index contributed by atoms with van der Waals surface area (Å²) in [5.74, 6) is 0.288. The minimum absolute atomic E-state index is 0.225. The first-order valence-electron chi connectivity index (χ1n) is 6.27. The first-order chi connectivity index (χ1) is 8.65. The molecule has 1 saturated heterocycles.